The van der Waals surface area contributed by atoms with E-state index in [0.717, 1.165) is 25.1 Å². The van der Waals surface area contributed by atoms with E-state index in [4.69, 9.17) is 9.47 Å². The number of ether oxygens (including phenoxy) is 2. The van der Waals surface area contributed by atoms with Crippen LogP contribution in [0.3, 0.4) is 0 Å². The number of carbonyl (C=O) groups is 1. The Hall–Kier alpha value is -2.63. The fourth-order valence-corrected chi connectivity index (χ4v) is 3.36. The van der Waals surface area contributed by atoms with Crippen LogP contribution in [0.15, 0.2) is 36.8 Å². The number of nitrogens with zero attached hydrogens (tertiary/aromatic N) is 3. The molecule has 6 nitrogen and oxygen atoms in total. The number of aromatic nitrogens is 2. The van der Waals surface area contributed by atoms with E-state index >= 15 is 0 Å². The van der Waals surface area contributed by atoms with Gasteiger partial charge in [0.1, 0.15) is 19.5 Å². The number of amides is 1. The van der Waals surface area contributed by atoms with Crippen molar-refractivity contribution in [3.8, 4) is 11.5 Å². The molecule has 1 atom stereocenters. The standard InChI is InChI=1S/C18H19N3O3/c22-18(14-4-1-5-16-17(14)24-10-9-23-16)21-8-2-3-13(11-21)15-6-7-19-12-20-15/h1,4-7,12-13H,2-3,8-11H2/t13-/m0/s1. The van der Waals surface area contributed by atoms with Crippen LogP contribution < -0.4 is 9.47 Å². The van der Waals surface area contributed by atoms with Crippen molar-refractivity contribution in [3.63, 3.8) is 0 Å². The first kappa shape index (κ1) is 14.9. The fourth-order valence-electron chi connectivity index (χ4n) is 3.36. The van der Waals surface area contributed by atoms with Crippen LogP contribution in [0.5, 0.6) is 11.5 Å². The third kappa shape index (κ3) is 2.79. The van der Waals surface area contributed by atoms with Gasteiger partial charge in [0.05, 0.1) is 5.56 Å². The molecule has 124 valence electrons. The van der Waals surface area contributed by atoms with Crippen LogP contribution in [0.25, 0.3) is 0 Å². The number of hydrogen-bond acceptors (Lipinski definition) is 5. The first-order valence-electron chi connectivity index (χ1n) is 8.27. The highest BCUT2D eigenvalue weighted by Gasteiger charge is 2.29. The van der Waals surface area contributed by atoms with Crippen molar-refractivity contribution in [1.82, 2.24) is 14.9 Å². The highest BCUT2D eigenvalue weighted by Crippen LogP contribution is 2.35. The lowest BCUT2D eigenvalue weighted by molar-refractivity contribution is 0.0695. The van der Waals surface area contributed by atoms with Gasteiger partial charge in [-0.1, -0.05) is 6.07 Å². The second kappa shape index (κ2) is 6.47. The molecule has 0 unspecified atom stereocenters. The summed E-state index contributed by atoms with van der Waals surface area (Å²) in [5, 5.41) is 0. The van der Waals surface area contributed by atoms with Gasteiger partial charge >= 0.3 is 0 Å². The largest absolute Gasteiger partial charge is 0.486 e. The second-order valence-electron chi connectivity index (χ2n) is 6.05. The predicted octanol–water partition coefficient (Wildman–Crippen LogP) is 2.27. The van der Waals surface area contributed by atoms with Gasteiger partial charge in [0.25, 0.3) is 5.91 Å². The molecule has 1 aromatic carbocycles. The number of hydrogen-bond donors (Lipinski definition) is 0. The van der Waals surface area contributed by atoms with Crippen LogP contribution in [0.4, 0.5) is 0 Å². The molecule has 2 aliphatic rings. The third-order valence-electron chi connectivity index (χ3n) is 4.53. The third-order valence-corrected chi connectivity index (χ3v) is 4.53. The van der Waals surface area contributed by atoms with Crippen LogP contribution in [-0.4, -0.2) is 47.1 Å². The Balaban J connectivity index is 1.56. The Morgan fingerprint density at radius 3 is 3.00 bits per heavy atom. The Kier molecular flexibility index (Phi) is 4.02. The zero-order valence-electron chi connectivity index (χ0n) is 13.4. The summed E-state index contributed by atoms with van der Waals surface area (Å²) in [5.41, 5.74) is 1.58. The molecule has 2 aliphatic heterocycles. The van der Waals surface area contributed by atoms with Gasteiger partial charge in [-0.15, -0.1) is 0 Å². The Morgan fingerprint density at radius 2 is 2.12 bits per heavy atom. The first-order valence-corrected chi connectivity index (χ1v) is 8.27. The molecule has 0 bridgehead atoms. The highest BCUT2D eigenvalue weighted by atomic mass is 16.6. The van der Waals surface area contributed by atoms with Gasteiger partial charge in [-0.2, -0.15) is 0 Å². The first-order chi connectivity index (χ1) is 11.8. The molecular formula is C18H19N3O3. The second-order valence-corrected chi connectivity index (χ2v) is 6.05. The molecule has 0 N–H and O–H groups in total. The number of piperidine rings is 1. The molecule has 0 aliphatic carbocycles. The summed E-state index contributed by atoms with van der Waals surface area (Å²) >= 11 is 0. The molecule has 24 heavy (non-hydrogen) atoms. The molecule has 1 saturated heterocycles. The van der Waals surface area contributed by atoms with Crippen molar-refractivity contribution in [2.24, 2.45) is 0 Å². The quantitative estimate of drug-likeness (QED) is 0.847. The summed E-state index contributed by atoms with van der Waals surface area (Å²) in [5.74, 6) is 1.47. The smallest absolute Gasteiger partial charge is 0.257 e. The summed E-state index contributed by atoms with van der Waals surface area (Å²) in [7, 11) is 0. The molecule has 1 amide bonds. The molecule has 0 radical (unpaired) electrons. The minimum Gasteiger partial charge on any atom is -0.486 e. The lowest BCUT2D eigenvalue weighted by Gasteiger charge is -2.33. The highest BCUT2D eigenvalue weighted by molar-refractivity contribution is 5.98. The minimum absolute atomic E-state index is 0.00361. The van der Waals surface area contributed by atoms with Crippen molar-refractivity contribution in [3.05, 3.63) is 48.0 Å². The molecule has 1 fully saturated rings. The van der Waals surface area contributed by atoms with Crippen LogP contribution in [-0.2, 0) is 0 Å². The molecule has 2 aromatic rings. The van der Waals surface area contributed by atoms with Gasteiger partial charge in [0.15, 0.2) is 11.5 Å². The zero-order valence-corrected chi connectivity index (χ0v) is 13.4. The summed E-state index contributed by atoms with van der Waals surface area (Å²) in [6.45, 7) is 2.41. The maximum Gasteiger partial charge on any atom is 0.257 e. The lowest BCUT2D eigenvalue weighted by atomic mass is 9.94. The fraction of sp³-hybridized carbons (Fsp3) is 0.389. The molecule has 3 heterocycles. The zero-order chi connectivity index (χ0) is 16.4. The van der Waals surface area contributed by atoms with Gasteiger partial charge < -0.3 is 14.4 Å². The summed E-state index contributed by atoms with van der Waals surface area (Å²) in [6, 6.07) is 7.42. The van der Waals surface area contributed by atoms with E-state index in [1.165, 1.54) is 0 Å². The molecular weight excluding hydrogens is 306 g/mol. The van der Waals surface area contributed by atoms with Crippen molar-refractivity contribution in [2.45, 2.75) is 18.8 Å². The number of rotatable bonds is 2. The van der Waals surface area contributed by atoms with Crippen LogP contribution in [0, 0.1) is 0 Å². The van der Waals surface area contributed by atoms with Gasteiger partial charge in [-0.05, 0) is 31.0 Å². The summed E-state index contributed by atoms with van der Waals surface area (Å²) in [6.07, 6.45) is 5.32. The van der Waals surface area contributed by atoms with Crippen LogP contribution in [0.1, 0.15) is 34.8 Å². The average Bonchev–Trinajstić information content (AvgIpc) is 2.68. The van der Waals surface area contributed by atoms with Gasteiger partial charge in [0.2, 0.25) is 0 Å². The van der Waals surface area contributed by atoms with Crippen LogP contribution in [0.2, 0.25) is 0 Å². The molecule has 1 aromatic heterocycles. The Labute approximate surface area is 140 Å². The SMILES string of the molecule is O=C(c1cccc2c1OCCO2)N1CCC[C@H](c2ccncn2)C1. The van der Waals surface area contributed by atoms with Gasteiger partial charge in [0, 0.05) is 30.9 Å². The van der Waals surface area contributed by atoms with Gasteiger partial charge in [-0.3, -0.25) is 4.79 Å². The predicted molar refractivity (Wildman–Crippen MR) is 87.3 cm³/mol. The average molecular weight is 325 g/mol. The number of para-hydroxylation sites is 1. The number of likely N-dealkylation sites (tertiary alicyclic amines) is 1. The van der Waals surface area contributed by atoms with Crippen LogP contribution >= 0.6 is 0 Å². The van der Waals surface area contributed by atoms with E-state index in [9.17, 15) is 4.79 Å². The van der Waals surface area contributed by atoms with E-state index in [0.29, 0.717) is 36.8 Å². The topological polar surface area (TPSA) is 64.6 Å². The van der Waals surface area contributed by atoms with Crippen molar-refractivity contribution < 1.29 is 14.3 Å². The summed E-state index contributed by atoms with van der Waals surface area (Å²) < 4.78 is 11.3. The van der Waals surface area contributed by atoms with E-state index < -0.39 is 0 Å². The van der Waals surface area contributed by atoms with E-state index in [1.54, 1.807) is 12.5 Å². The molecule has 0 saturated carbocycles. The maximum atomic E-state index is 13.0. The number of carbonyl (C=O) groups excluding carboxylic acids is 1. The maximum absolute atomic E-state index is 13.0. The van der Waals surface area contributed by atoms with Crippen molar-refractivity contribution in [2.75, 3.05) is 26.3 Å². The van der Waals surface area contributed by atoms with Crippen molar-refractivity contribution >= 4 is 5.91 Å². The monoisotopic (exact) mass is 325 g/mol. The Morgan fingerprint density at radius 1 is 1.21 bits per heavy atom. The molecule has 4 rings (SSSR count). The molecule has 6 heteroatoms. The van der Waals surface area contributed by atoms with E-state index in [-0.39, 0.29) is 11.8 Å². The van der Waals surface area contributed by atoms with Gasteiger partial charge in [-0.25, -0.2) is 9.97 Å². The number of fused-ring (bicyclic) bond motifs is 1. The normalized spacial score (nSPS) is 19.8. The number of benzene rings is 1. The molecule has 0 spiro atoms. The van der Waals surface area contributed by atoms with E-state index in [2.05, 4.69) is 9.97 Å². The Bertz CT molecular complexity index is 736. The minimum atomic E-state index is -0.00361. The lowest BCUT2D eigenvalue weighted by Crippen LogP contribution is -2.39. The van der Waals surface area contributed by atoms with Crippen molar-refractivity contribution in [1.29, 1.82) is 0 Å². The van der Waals surface area contributed by atoms with E-state index in [1.807, 2.05) is 29.2 Å². The summed E-state index contributed by atoms with van der Waals surface area (Å²) in [4.78, 5) is 23.2.